The van der Waals surface area contributed by atoms with E-state index < -0.39 is 5.97 Å². The van der Waals surface area contributed by atoms with Crippen molar-refractivity contribution in [3.05, 3.63) is 11.8 Å². The average Bonchev–Trinajstić information content (AvgIpc) is 2.57. The molecule has 0 aromatic carbocycles. The van der Waals surface area contributed by atoms with Crippen molar-refractivity contribution >= 4 is 17.7 Å². The van der Waals surface area contributed by atoms with Crippen molar-refractivity contribution in [3.8, 4) is 0 Å². The van der Waals surface area contributed by atoms with Gasteiger partial charge >= 0.3 is 5.97 Å². The van der Waals surface area contributed by atoms with E-state index in [4.69, 9.17) is 5.11 Å². The molecule has 6 heteroatoms. The molecule has 17 heavy (non-hydrogen) atoms. The summed E-state index contributed by atoms with van der Waals surface area (Å²) in [5.74, 6) is -0.750. The summed E-state index contributed by atoms with van der Waals surface area (Å²) in [6.45, 7) is 1.92. The lowest BCUT2D eigenvalue weighted by Gasteiger charge is -2.36. The highest BCUT2D eigenvalue weighted by atomic mass is 16.4. The second-order valence-corrected chi connectivity index (χ2v) is 4.71. The Balaban J connectivity index is 2.13. The van der Waals surface area contributed by atoms with Crippen LogP contribution in [0.1, 0.15) is 36.7 Å². The molecule has 0 unspecified atom stereocenters. The summed E-state index contributed by atoms with van der Waals surface area (Å²) >= 11 is 0. The molecule has 0 spiro atoms. The quantitative estimate of drug-likeness (QED) is 0.828. The maximum atomic E-state index is 11.9. The van der Waals surface area contributed by atoms with Gasteiger partial charge in [-0.2, -0.15) is 5.10 Å². The third-order valence-electron chi connectivity index (χ3n) is 3.35. The van der Waals surface area contributed by atoms with Crippen molar-refractivity contribution in [2.75, 3.05) is 5.32 Å². The Hall–Kier alpha value is -1.85. The number of hydrogen-bond donors (Lipinski definition) is 2. The van der Waals surface area contributed by atoms with Gasteiger partial charge in [0.05, 0.1) is 0 Å². The SMILES string of the molecule is Cn1nc(C(=O)O)cc1NC(=O)C1(C)CCC1. The van der Waals surface area contributed by atoms with Gasteiger partial charge in [0.15, 0.2) is 5.69 Å². The van der Waals surface area contributed by atoms with E-state index >= 15 is 0 Å². The molecule has 1 aliphatic rings. The third-order valence-corrected chi connectivity index (χ3v) is 3.35. The molecule has 6 nitrogen and oxygen atoms in total. The van der Waals surface area contributed by atoms with Crippen molar-refractivity contribution in [1.82, 2.24) is 9.78 Å². The first kappa shape index (κ1) is 11.6. The molecule has 0 saturated heterocycles. The molecule has 1 heterocycles. The van der Waals surface area contributed by atoms with Crippen molar-refractivity contribution in [2.45, 2.75) is 26.2 Å². The van der Waals surface area contributed by atoms with Gasteiger partial charge in [-0.15, -0.1) is 0 Å². The van der Waals surface area contributed by atoms with Crippen LogP contribution in [0.3, 0.4) is 0 Å². The second kappa shape index (κ2) is 3.87. The molecule has 0 radical (unpaired) electrons. The Labute approximate surface area is 98.6 Å². The maximum absolute atomic E-state index is 11.9. The van der Waals surface area contributed by atoms with Crippen molar-refractivity contribution in [1.29, 1.82) is 0 Å². The van der Waals surface area contributed by atoms with Gasteiger partial charge in [0, 0.05) is 18.5 Å². The minimum atomic E-state index is -1.10. The fraction of sp³-hybridized carbons (Fsp3) is 0.545. The van der Waals surface area contributed by atoms with Crippen LogP contribution in [0.15, 0.2) is 6.07 Å². The highest BCUT2D eigenvalue weighted by Crippen LogP contribution is 2.41. The van der Waals surface area contributed by atoms with E-state index in [1.807, 2.05) is 6.92 Å². The molecule has 0 bridgehead atoms. The summed E-state index contributed by atoms with van der Waals surface area (Å²) in [5, 5.41) is 15.3. The van der Waals surface area contributed by atoms with Crippen molar-refractivity contribution in [3.63, 3.8) is 0 Å². The number of carbonyl (C=O) groups is 2. The number of hydrogen-bond acceptors (Lipinski definition) is 3. The summed E-state index contributed by atoms with van der Waals surface area (Å²) in [5.41, 5.74) is -0.380. The zero-order valence-electron chi connectivity index (χ0n) is 9.86. The summed E-state index contributed by atoms with van der Waals surface area (Å²) in [4.78, 5) is 22.7. The molecule has 1 amide bonds. The van der Waals surface area contributed by atoms with E-state index in [-0.39, 0.29) is 17.0 Å². The maximum Gasteiger partial charge on any atom is 0.356 e. The zero-order valence-corrected chi connectivity index (χ0v) is 9.86. The van der Waals surface area contributed by atoms with E-state index in [9.17, 15) is 9.59 Å². The minimum Gasteiger partial charge on any atom is -0.476 e. The monoisotopic (exact) mass is 237 g/mol. The zero-order chi connectivity index (χ0) is 12.6. The van der Waals surface area contributed by atoms with Gasteiger partial charge in [-0.3, -0.25) is 9.48 Å². The summed E-state index contributed by atoms with van der Waals surface area (Å²) in [6.07, 6.45) is 2.82. The van der Waals surface area contributed by atoms with Crippen LogP contribution in [-0.2, 0) is 11.8 Å². The van der Waals surface area contributed by atoms with Gasteiger partial charge in [-0.05, 0) is 12.8 Å². The lowest BCUT2D eigenvalue weighted by Crippen LogP contribution is -2.39. The molecule has 0 atom stereocenters. The average molecular weight is 237 g/mol. The number of carboxylic acids is 1. The molecule has 1 fully saturated rings. The van der Waals surface area contributed by atoms with Crippen LogP contribution in [0.2, 0.25) is 0 Å². The summed E-state index contributed by atoms with van der Waals surface area (Å²) in [6, 6.07) is 1.36. The summed E-state index contributed by atoms with van der Waals surface area (Å²) < 4.78 is 1.36. The number of aryl methyl sites for hydroxylation is 1. The highest BCUT2D eigenvalue weighted by Gasteiger charge is 2.39. The van der Waals surface area contributed by atoms with Crippen LogP contribution in [0, 0.1) is 5.41 Å². The largest absolute Gasteiger partial charge is 0.476 e. The fourth-order valence-corrected chi connectivity index (χ4v) is 1.89. The third kappa shape index (κ3) is 2.02. The number of nitrogens with one attached hydrogen (secondary N) is 1. The first-order valence-electron chi connectivity index (χ1n) is 5.51. The lowest BCUT2D eigenvalue weighted by atomic mass is 9.70. The molecule has 1 aromatic heterocycles. The Kier molecular flexibility index (Phi) is 2.65. The van der Waals surface area contributed by atoms with Crippen LogP contribution >= 0.6 is 0 Å². The van der Waals surface area contributed by atoms with E-state index in [1.165, 1.54) is 10.7 Å². The second-order valence-electron chi connectivity index (χ2n) is 4.71. The van der Waals surface area contributed by atoms with E-state index in [0.29, 0.717) is 5.82 Å². The normalized spacial score (nSPS) is 17.3. The molecule has 1 saturated carbocycles. The van der Waals surface area contributed by atoms with E-state index in [1.54, 1.807) is 7.05 Å². The first-order chi connectivity index (χ1) is 7.92. The van der Waals surface area contributed by atoms with E-state index in [0.717, 1.165) is 19.3 Å². The molecule has 2 N–H and O–H groups in total. The lowest BCUT2D eigenvalue weighted by molar-refractivity contribution is -0.128. The van der Waals surface area contributed by atoms with Crippen LogP contribution < -0.4 is 5.32 Å². The van der Waals surface area contributed by atoms with Crippen LogP contribution in [-0.4, -0.2) is 26.8 Å². The number of carboxylic acid groups (broad SMARTS) is 1. The number of aromatic carboxylic acids is 1. The number of carbonyl (C=O) groups excluding carboxylic acids is 1. The number of nitrogens with zero attached hydrogens (tertiary/aromatic N) is 2. The molecular formula is C11H15N3O3. The van der Waals surface area contributed by atoms with Gasteiger partial charge < -0.3 is 10.4 Å². The van der Waals surface area contributed by atoms with Crippen LogP contribution in [0.4, 0.5) is 5.82 Å². The Morgan fingerprint density at radius 3 is 2.59 bits per heavy atom. The van der Waals surface area contributed by atoms with Gasteiger partial charge in [-0.25, -0.2) is 4.79 Å². The molecule has 92 valence electrons. The van der Waals surface area contributed by atoms with Gasteiger partial charge in [-0.1, -0.05) is 13.3 Å². The van der Waals surface area contributed by atoms with Crippen molar-refractivity contribution < 1.29 is 14.7 Å². The summed E-state index contributed by atoms with van der Waals surface area (Å²) in [7, 11) is 1.60. The Morgan fingerprint density at radius 2 is 2.18 bits per heavy atom. The smallest absolute Gasteiger partial charge is 0.356 e. The number of anilines is 1. The molecular weight excluding hydrogens is 222 g/mol. The van der Waals surface area contributed by atoms with Crippen LogP contribution in [0.5, 0.6) is 0 Å². The topological polar surface area (TPSA) is 84.2 Å². The Morgan fingerprint density at radius 1 is 1.53 bits per heavy atom. The van der Waals surface area contributed by atoms with E-state index in [2.05, 4.69) is 10.4 Å². The van der Waals surface area contributed by atoms with Gasteiger partial charge in [0.2, 0.25) is 5.91 Å². The standard InChI is InChI=1S/C11H15N3O3/c1-11(4-3-5-11)10(17)12-8-6-7(9(15)16)13-14(8)2/h6H,3-5H2,1-2H3,(H,12,17)(H,15,16). The van der Waals surface area contributed by atoms with Gasteiger partial charge in [0.1, 0.15) is 5.82 Å². The first-order valence-corrected chi connectivity index (χ1v) is 5.51. The fourth-order valence-electron chi connectivity index (χ4n) is 1.89. The molecule has 1 aromatic rings. The molecule has 1 aliphatic carbocycles. The minimum absolute atomic E-state index is 0.0660. The molecule has 2 rings (SSSR count). The highest BCUT2D eigenvalue weighted by molar-refractivity contribution is 5.96. The predicted octanol–water partition coefficient (Wildman–Crippen LogP) is 1.25. The molecule has 0 aliphatic heterocycles. The van der Waals surface area contributed by atoms with Crippen molar-refractivity contribution in [2.24, 2.45) is 12.5 Å². The Bertz CT molecular complexity index is 474. The predicted molar refractivity (Wildman–Crippen MR) is 60.8 cm³/mol. The van der Waals surface area contributed by atoms with Crippen LogP contribution in [0.25, 0.3) is 0 Å². The number of amides is 1. The number of aromatic nitrogens is 2. The number of rotatable bonds is 3. The van der Waals surface area contributed by atoms with Gasteiger partial charge in [0.25, 0.3) is 0 Å².